The summed E-state index contributed by atoms with van der Waals surface area (Å²) in [5.41, 5.74) is 0. The van der Waals surface area contributed by atoms with Crippen LogP contribution in [-0.2, 0) is 4.79 Å². The van der Waals surface area contributed by atoms with E-state index in [-0.39, 0.29) is 5.92 Å². The van der Waals surface area contributed by atoms with Gasteiger partial charge in [0, 0.05) is 13.1 Å². The van der Waals surface area contributed by atoms with Crippen molar-refractivity contribution >= 4 is 23.4 Å². The molecule has 92 valence electrons. The van der Waals surface area contributed by atoms with Crippen LogP contribution in [0.5, 0.6) is 0 Å². The SMILES string of the molecule is Cc1ncc(Cl)c(N2CCCC(C(=O)O)C2)n1. The number of aromatic nitrogens is 2. The summed E-state index contributed by atoms with van der Waals surface area (Å²) in [5.74, 6) is 0.193. The van der Waals surface area contributed by atoms with E-state index in [1.165, 1.54) is 0 Å². The van der Waals surface area contributed by atoms with Crippen LogP contribution in [0.15, 0.2) is 6.20 Å². The first kappa shape index (κ1) is 12.1. The molecular formula is C11H14ClN3O2. The largest absolute Gasteiger partial charge is 0.481 e. The third kappa shape index (κ3) is 2.66. The maximum Gasteiger partial charge on any atom is 0.308 e. The molecule has 0 aromatic carbocycles. The highest BCUT2D eigenvalue weighted by atomic mass is 35.5. The second-order valence-electron chi connectivity index (χ2n) is 4.21. The normalized spacial score (nSPS) is 20.4. The third-order valence-corrected chi connectivity index (χ3v) is 3.18. The first-order valence-corrected chi connectivity index (χ1v) is 5.92. The number of anilines is 1. The molecule has 0 aliphatic carbocycles. The molecule has 2 rings (SSSR count). The molecule has 0 bridgehead atoms. The van der Waals surface area contributed by atoms with Crippen LogP contribution in [0.1, 0.15) is 18.7 Å². The minimum absolute atomic E-state index is 0.338. The molecule has 1 aromatic rings. The number of aliphatic carboxylic acids is 1. The Morgan fingerprint density at radius 1 is 1.65 bits per heavy atom. The van der Waals surface area contributed by atoms with E-state index in [9.17, 15) is 4.79 Å². The molecule has 0 amide bonds. The number of nitrogens with zero attached hydrogens (tertiary/aromatic N) is 3. The van der Waals surface area contributed by atoms with Crippen LogP contribution in [0.3, 0.4) is 0 Å². The molecule has 1 aliphatic rings. The highest BCUT2D eigenvalue weighted by Crippen LogP contribution is 2.27. The predicted octanol–water partition coefficient (Wildman–Crippen LogP) is 1.74. The Morgan fingerprint density at radius 3 is 3.12 bits per heavy atom. The molecule has 0 spiro atoms. The Bertz CT molecular complexity index is 439. The number of hydrogen-bond acceptors (Lipinski definition) is 4. The minimum Gasteiger partial charge on any atom is -0.481 e. The average Bonchev–Trinajstić information content (AvgIpc) is 2.32. The van der Waals surface area contributed by atoms with Gasteiger partial charge in [-0.15, -0.1) is 0 Å². The van der Waals surface area contributed by atoms with Crippen LogP contribution < -0.4 is 4.90 Å². The molecule has 2 heterocycles. The van der Waals surface area contributed by atoms with Crippen molar-refractivity contribution in [2.24, 2.45) is 5.92 Å². The van der Waals surface area contributed by atoms with Crippen LogP contribution in [0.25, 0.3) is 0 Å². The second kappa shape index (κ2) is 4.87. The van der Waals surface area contributed by atoms with Crippen molar-refractivity contribution in [1.82, 2.24) is 9.97 Å². The van der Waals surface area contributed by atoms with Gasteiger partial charge in [-0.2, -0.15) is 0 Å². The van der Waals surface area contributed by atoms with E-state index >= 15 is 0 Å². The van der Waals surface area contributed by atoms with Gasteiger partial charge in [-0.1, -0.05) is 11.6 Å². The Balaban J connectivity index is 2.21. The van der Waals surface area contributed by atoms with Crippen LogP contribution in [0.4, 0.5) is 5.82 Å². The van der Waals surface area contributed by atoms with Gasteiger partial charge < -0.3 is 10.0 Å². The van der Waals surface area contributed by atoms with Crippen LogP contribution in [-0.4, -0.2) is 34.1 Å². The summed E-state index contributed by atoms with van der Waals surface area (Å²) in [5, 5.41) is 9.51. The molecule has 1 N–H and O–H groups in total. The van der Waals surface area contributed by atoms with E-state index in [1.807, 2.05) is 4.90 Å². The van der Waals surface area contributed by atoms with Crippen molar-refractivity contribution in [2.45, 2.75) is 19.8 Å². The van der Waals surface area contributed by atoms with Crippen molar-refractivity contribution in [2.75, 3.05) is 18.0 Å². The van der Waals surface area contributed by atoms with Crippen molar-refractivity contribution < 1.29 is 9.90 Å². The van der Waals surface area contributed by atoms with Crippen molar-refractivity contribution in [3.05, 3.63) is 17.0 Å². The lowest BCUT2D eigenvalue weighted by molar-refractivity contribution is -0.141. The lowest BCUT2D eigenvalue weighted by Crippen LogP contribution is -2.39. The van der Waals surface area contributed by atoms with E-state index in [1.54, 1.807) is 13.1 Å². The lowest BCUT2D eigenvalue weighted by atomic mass is 9.98. The zero-order valence-electron chi connectivity index (χ0n) is 9.56. The van der Waals surface area contributed by atoms with Crippen LogP contribution in [0, 0.1) is 12.8 Å². The fourth-order valence-corrected chi connectivity index (χ4v) is 2.25. The number of carbonyl (C=O) groups is 1. The summed E-state index contributed by atoms with van der Waals surface area (Å²) in [6, 6.07) is 0. The monoisotopic (exact) mass is 255 g/mol. The van der Waals surface area contributed by atoms with Crippen molar-refractivity contribution in [1.29, 1.82) is 0 Å². The van der Waals surface area contributed by atoms with Gasteiger partial charge in [-0.05, 0) is 19.8 Å². The summed E-state index contributed by atoms with van der Waals surface area (Å²) in [7, 11) is 0. The molecule has 17 heavy (non-hydrogen) atoms. The van der Waals surface area contributed by atoms with Crippen LogP contribution in [0.2, 0.25) is 5.02 Å². The summed E-state index contributed by atoms with van der Waals surface area (Å²) in [6.45, 7) is 3.05. The highest BCUT2D eigenvalue weighted by molar-refractivity contribution is 6.32. The fraction of sp³-hybridized carbons (Fsp3) is 0.545. The molecule has 1 unspecified atom stereocenters. The quantitative estimate of drug-likeness (QED) is 0.872. The van der Waals surface area contributed by atoms with Crippen molar-refractivity contribution in [3.63, 3.8) is 0 Å². The van der Waals surface area contributed by atoms with E-state index in [0.29, 0.717) is 29.6 Å². The molecule has 6 heteroatoms. The fourth-order valence-electron chi connectivity index (χ4n) is 2.04. The van der Waals surface area contributed by atoms with Crippen LogP contribution >= 0.6 is 11.6 Å². The molecule has 1 aliphatic heterocycles. The number of carboxylic acid groups (broad SMARTS) is 1. The number of carboxylic acids is 1. The molecule has 0 radical (unpaired) electrons. The summed E-state index contributed by atoms with van der Waals surface area (Å²) >= 11 is 6.04. The van der Waals surface area contributed by atoms with E-state index in [4.69, 9.17) is 16.7 Å². The smallest absolute Gasteiger partial charge is 0.308 e. The maximum absolute atomic E-state index is 11.0. The first-order chi connectivity index (χ1) is 8.08. The van der Waals surface area contributed by atoms with Gasteiger partial charge in [0.1, 0.15) is 10.8 Å². The van der Waals surface area contributed by atoms with Gasteiger partial charge in [0.2, 0.25) is 0 Å². The first-order valence-electron chi connectivity index (χ1n) is 5.55. The van der Waals surface area contributed by atoms with Gasteiger partial charge in [0.15, 0.2) is 5.82 Å². The maximum atomic E-state index is 11.0. The van der Waals surface area contributed by atoms with Gasteiger partial charge in [-0.3, -0.25) is 4.79 Å². The van der Waals surface area contributed by atoms with Gasteiger partial charge in [-0.25, -0.2) is 9.97 Å². The Kier molecular flexibility index (Phi) is 3.47. The molecular weight excluding hydrogens is 242 g/mol. The lowest BCUT2D eigenvalue weighted by Gasteiger charge is -2.32. The zero-order chi connectivity index (χ0) is 12.4. The van der Waals surface area contributed by atoms with Crippen molar-refractivity contribution in [3.8, 4) is 0 Å². The third-order valence-electron chi connectivity index (χ3n) is 2.92. The Morgan fingerprint density at radius 2 is 2.41 bits per heavy atom. The summed E-state index contributed by atoms with van der Waals surface area (Å²) in [4.78, 5) is 21.2. The predicted molar refractivity (Wildman–Crippen MR) is 64.4 cm³/mol. The average molecular weight is 256 g/mol. The topological polar surface area (TPSA) is 66.3 Å². The molecule has 5 nitrogen and oxygen atoms in total. The molecule has 1 saturated heterocycles. The standard InChI is InChI=1S/C11H14ClN3O2/c1-7-13-5-9(12)10(14-7)15-4-2-3-8(6-15)11(16)17/h5,8H,2-4,6H2,1H3,(H,16,17). The van der Waals surface area contributed by atoms with E-state index < -0.39 is 5.97 Å². The molecule has 1 aromatic heterocycles. The summed E-state index contributed by atoms with van der Waals surface area (Å²) in [6.07, 6.45) is 3.12. The minimum atomic E-state index is -0.753. The Labute approximate surface area is 104 Å². The number of hydrogen-bond donors (Lipinski definition) is 1. The molecule has 1 atom stereocenters. The summed E-state index contributed by atoms with van der Waals surface area (Å²) < 4.78 is 0. The number of rotatable bonds is 2. The van der Waals surface area contributed by atoms with E-state index in [2.05, 4.69) is 9.97 Å². The van der Waals surface area contributed by atoms with Gasteiger partial charge in [0.25, 0.3) is 0 Å². The Hall–Kier alpha value is -1.36. The zero-order valence-corrected chi connectivity index (χ0v) is 10.3. The number of aryl methyl sites for hydroxylation is 1. The van der Waals surface area contributed by atoms with Gasteiger partial charge in [0.05, 0.1) is 12.1 Å². The van der Waals surface area contributed by atoms with E-state index in [0.717, 1.165) is 13.0 Å². The molecule has 0 saturated carbocycles. The van der Waals surface area contributed by atoms with Gasteiger partial charge >= 0.3 is 5.97 Å². The number of piperidine rings is 1. The second-order valence-corrected chi connectivity index (χ2v) is 4.62. The number of halogens is 1. The highest BCUT2D eigenvalue weighted by Gasteiger charge is 2.27. The molecule has 1 fully saturated rings.